The summed E-state index contributed by atoms with van der Waals surface area (Å²) in [5.74, 6) is 0.712. The molecule has 3 heteroatoms. The van der Waals surface area contributed by atoms with E-state index < -0.39 is 0 Å². The molecule has 1 heterocycles. The van der Waals surface area contributed by atoms with Crippen LogP contribution in [0, 0.1) is 5.92 Å². The molecule has 19 heavy (non-hydrogen) atoms. The number of rotatable bonds is 4. The lowest BCUT2D eigenvalue weighted by Gasteiger charge is -2.40. The minimum absolute atomic E-state index is 0.474. The lowest BCUT2D eigenvalue weighted by molar-refractivity contribution is 0.112. The van der Waals surface area contributed by atoms with Crippen LogP contribution in [0.4, 0.5) is 0 Å². The number of nitrogens with zero attached hydrogens (tertiary/aromatic N) is 1. The lowest BCUT2D eigenvalue weighted by atomic mass is 9.92. The minimum Gasteiger partial charge on any atom is -0.314 e. The minimum atomic E-state index is 0.474. The Morgan fingerprint density at radius 2 is 2.05 bits per heavy atom. The molecule has 0 aromatic heterocycles. The van der Waals surface area contributed by atoms with Gasteiger partial charge in [0, 0.05) is 30.2 Å². The molecule has 3 atom stereocenters. The van der Waals surface area contributed by atoms with E-state index in [2.05, 4.69) is 43.1 Å². The number of nitrogens with one attached hydrogen (secondary N) is 1. The van der Waals surface area contributed by atoms with Crippen LogP contribution in [-0.2, 0) is 0 Å². The van der Waals surface area contributed by atoms with Crippen LogP contribution in [-0.4, -0.2) is 30.6 Å². The lowest BCUT2D eigenvalue weighted by Crippen LogP contribution is -2.48. The molecule has 1 aliphatic heterocycles. The SMILES string of the molecule is CCNC1CCN(C(C)c2ccc(Cl)cc2)CC1C. The third kappa shape index (κ3) is 3.71. The monoisotopic (exact) mass is 280 g/mol. The number of hydrogen-bond acceptors (Lipinski definition) is 2. The van der Waals surface area contributed by atoms with Gasteiger partial charge < -0.3 is 5.32 Å². The van der Waals surface area contributed by atoms with E-state index >= 15 is 0 Å². The van der Waals surface area contributed by atoms with Crippen LogP contribution < -0.4 is 5.32 Å². The summed E-state index contributed by atoms with van der Waals surface area (Å²) in [4.78, 5) is 2.59. The molecule has 1 N–H and O–H groups in total. The first kappa shape index (κ1) is 14.8. The zero-order valence-electron chi connectivity index (χ0n) is 12.2. The molecule has 1 aliphatic rings. The highest BCUT2D eigenvalue weighted by atomic mass is 35.5. The Hall–Kier alpha value is -0.570. The fraction of sp³-hybridized carbons (Fsp3) is 0.625. The molecule has 0 radical (unpaired) electrons. The Morgan fingerprint density at radius 1 is 1.37 bits per heavy atom. The molecule has 1 fully saturated rings. The topological polar surface area (TPSA) is 15.3 Å². The average molecular weight is 281 g/mol. The normalized spacial score (nSPS) is 26.3. The van der Waals surface area contributed by atoms with Crippen molar-refractivity contribution in [1.82, 2.24) is 10.2 Å². The molecule has 2 rings (SSSR count). The maximum atomic E-state index is 5.96. The highest BCUT2D eigenvalue weighted by Crippen LogP contribution is 2.27. The Morgan fingerprint density at radius 3 is 2.63 bits per heavy atom. The standard InChI is InChI=1S/C16H25ClN2/c1-4-18-16-9-10-19(11-12(16)2)13(3)14-5-7-15(17)8-6-14/h5-8,12-13,16,18H,4,9-11H2,1-3H3. The van der Waals surface area contributed by atoms with Crippen molar-refractivity contribution in [3.63, 3.8) is 0 Å². The van der Waals surface area contributed by atoms with E-state index in [1.165, 1.54) is 25.1 Å². The van der Waals surface area contributed by atoms with Gasteiger partial charge in [-0.2, -0.15) is 0 Å². The van der Waals surface area contributed by atoms with Crippen molar-refractivity contribution in [3.8, 4) is 0 Å². The summed E-state index contributed by atoms with van der Waals surface area (Å²) in [7, 11) is 0. The van der Waals surface area contributed by atoms with Gasteiger partial charge in [-0.3, -0.25) is 4.90 Å². The third-order valence-corrected chi connectivity index (χ3v) is 4.56. The Balaban J connectivity index is 1.97. The van der Waals surface area contributed by atoms with Crippen LogP contribution in [0.3, 0.4) is 0 Å². The molecule has 2 nitrogen and oxygen atoms in total. The van der Waals surface area contributed by atoms with Crippen LogP contribution in [0.1, 0.15) is 38.8 Å². The predicted octanol–water partition coefficient (Wildman–Crippen LogP) is 3.72. The Labute approximate surface area is 122 Å². The van der Waals surface area contributed by atoms with E-state index in [0.717, 1.165) is 11.6 Å². The number of benzene rings is 1. The van der Waals surface area contributed by atoms with Crippen molar-refractivity contribution in [2.24, 2.45) is 5.92 Å². The van der Waals surface area contributed by atoms with Crippen molar-refractivity contribution in [1.29, 1.82) is 0 Å². The Kier molecular flexibility index (Phi) is 5.26. The zero-order valence-corrected chi connectivity index (χ0v) is 13.0. The summed E-state index contributed by atoms with van der Waals surface area (Å²) in [5, 5.41) is 4.41. The van der Waals surface area contributed by atoms with Crippen molar-refractivity contribution in [2.45, 2.75) is 39.3 Å². The first-order chi connectivity index (χ1) is 9.11. The number of hydrogen-bond donors (Lipinski definition) is 1. The highest BCUT2D eigenvalue weighted by Gasteiger charge is 2.28. The second kappa shape index (κ2) is 6.74. The van der Waals surface area contributed by atoms with Crippen LogP contribution in [0.2, 0.25) is 5.02 Å². The molecule has 0 bridgehead atoms. The van der Waals surface area contributed by atoms with Gasteiger partial charge in [0.2, 0.25) is 0 Å². The van der Waals surface area contributed by atoms with Crippen molar-refractivity contribution in [2.75, 3.05) is 19.6 Å². The molecular formula is C16H25ClN2. The molecule has 1 saturated heterocycles. The van der Waals surface area contributed by atoms with Gasteiger partial charge in [0.15, 0.2) is 0 Å². The van der Waals surface area contributed by atoms with Gasteiger partial charge >= 0.3 is 0 Å². The predicted molar refractivity (Wildman–Crippen MR) is 82.7 cm³/mol. The second-order valence-corrected chi connectivity index (χ2v) is 6.09. The summed E-state index contributed by atoms with van der Waals surface area (Å²) in [6.45, 7) is 10.3. The molecular weight excluding hydrogens is 256 g/mol. The van der Waals surface area contributed by atoms with Crippen LogP contribution >= 0.6 is 11.6 Å². The molecule has 0 amide bonds. The number of halogens is 1. The van der Waals surface area contributed by atoms with Gasteiger partial charge in [-0.1, -0.05) is 37.6 Å². The van der Waals surface area contributed by atoms with Crippen LogP contribution in [0.15, 0.2) is 24.3 Å². The first-order valence-electron chi connectivity index (χ1n) is 7.34. The molecule has 0 spiro atoms. The summed E-state index contributed by atoms with van der Waals surface area (Å²) in [6, 6.07) is 9.42. The summed E-state index contributed by atoms with van der Waals surface area (Å²) >= 11 is 5.96. The fourth-order valence-electron chi connectivity index (χ4n) is 3.05. The zero-order chi connectivity index (χ0) is 13.8. The smallest absolute Gasteiger partial charge is 0.0406 e. The van der Waals surface area contributed by atoms with Crippen molar-refractivity contribution >= 4 is 11.6 Å². The van der Waals surface area contributed by atoms with E-state index in [4.69, 9.17) is 11.6 Å². The quantitative estimate of drug-likeness (QED) is 0.904. The van der Waals surface area contributed by atoms with Crippen molar-refractivity contribution < 1.29 is 0 Å². The van der Waals surface area contributed by atoms with Gasteiger partial charge in [0.25, 0.3) is 0 Å². The Bertz CT molecular complexity index is 390. The van der Waals surface area contributed by atoms with Crippen LogP contribution in [0.25, 0.3) is 0 Å². The number of piperidine rings is 1. The van der Waals surface area contributed by atoms with E-state index in [1.54, 1.807) is 0 Å². The molecule has 1 aromatic carbocycles. The maximum Gasteiger partial charge on any atom is 0.0406 e. The van der Waals surface area contributed by atoms with Gasteiger partial charge in [-0.25, -0.2) is 0 Å². The number of likely N-dealkylation sites (tertiary alicyclic amines) is 1. The largest absolute Gasteiger partial charge is 0.314 e. The maximum absolute atomic E-state index is 5.96. The second-order valence-electron chi connectivity index (χ2n) is 5.65. The summed E-state index contributed by atoms with van der Waals surface area (Å²) in [5.41, 5.74) is 1.36. The van der Waals surface area contributed by atoms with E-state index in [0.29, 0.717) is 18.0 Å². The molecule has 3 unspecified atom stereocenters. The summed E-state index contributed by atoms with van der Waals surface area (Å²) < 4.78 is 0. The summed E-state index contributed by atoms with van der Waals surface area (Å²) in [6.07, 6.45) is 1.24. The first-order valence-corrected chi connectivity index (χ1v) is 7.72. The van der Waals surface area contributed by atoms with Gasteiger partial charge in [0.1, 0.15) is 0 Å². The molecule has 0 aliphatic carbocycles. The molecule has 106 valence electrons. The van der Waals surface area contributed by atoms with Gasteiger partial charge in [-0.05, 0) is 43.5 Å². The van der Waals surface area contributed by atoms with E-state index in [-0.39, 0.29) is 0 Å². The van der Waals surface area contributed by atoms with Crippen LogP contribution in [0.5, 0.6) is 0 Å². The fourth-order valence-corrected chi connectivity index (χ4v) is 3.17. The van der Waals surface area contributed by atoms with Gasteiger partial charge in [-0.15, -0.1) is 0 Å². The third-order valence-electron chi connectivity index (χ3n) is 4.30. The van der Waals surface area contributed by atoms with Gasteiger partial charge in [0.05, 0.1) is 0 Å². The average Bonchev–Trinajstić information content (AvgIpc) is 2.41. The highest BCUT2D eigenvalue weighted by molar-refractivity contribution is 6.30. The van der Waals surface area contributed by atoms with E-state index in [9.17, 15) is 0 Å². The molecule has 0 saturated carbocycles. The molecule has 1 aromatic rings. The van der Waals surface area contributed by atoms with Crippen molar-refractivity contribution in [3.05, 3.63) is 34.9 Å². The van der Waals surface area contributed by atoms with E-state index in [1.807, 2.05) is 12.1 Å².